The number of nitrogens with zero attached hydrogens (tertiary/aromatic N) is 2. The van der Waals surface area contributed by atoms with Crippen LogP contribution in [0.1, 0.15) is 18.2 Å². The number of carbonyl (C=O) groups is 1. The SMILES string of the molecule is CCOc1ccccc1NC(=O)CSc1nc(CO)cn1Cc1ccc(F)cc1. The summed E-state index contributed by atoms with van der Waals surface area (Å²) in [7, 11) is 0. The highest BCUT2D eigenvalue weighted by Gasteiger charge is 2.13. The van der Waals surface area contributed by atoms with E-state index in [4.69, 9.17) is 4.74 Å². The van der Waals surface area contributed by atoms with Crippen LogP contribution < -0.4 is 10.1 Å². The van der Waals surface area contributed by atoms with Gasteiger partial charge in [0.15, 0.2) is 5.16 Å². The second-order valence-corrected chi connectivity index (χ2v) is 7.14. The van der Waals surface area contributed by atoms with Crippen LogP contribution >= 0.6 is 11.8 Å². The molecular formula is C21H22FN3O3S. The van der Waals surface area contributed by atoms with E-state index in [2.05, 4.69) is 10.3 Å². The van der Waals surface area contributed by atoms with E-state index in [0.29, 0.717) is 35.4 Å². The van der Waals surface area contributed by atoms with Crippen molar-refractivity contribution in [2.24, 2.45) is 0 Å². The Morgan fingerprint density at radius 2 is 2.00 bits per heavy atom. The number of hydrogen-bond donors (Lipinski definition) is 2. The lowest BCUT2D eigenvalue weighted by Gasteiger charge is -2.11. The minimum atomic E-state index is -0.297. The fourth-order valence-electron chi connectivity index (χ4n) is 2.71. The van der Waals surface area contributed by atoms with Gasteiger partial charge in [-0.25, -0.2) is 9.37 Å². The van der Waals surface area contributed by atoms with E-state index in [0.717, 1.165) is 5.56 Å². The number of thioether (sulfide) groups is 1. The normalized spacial score (nSPS) is 10.7. The summed E-state index contributed by atoms with van der Waals surface area (Å²) in [4.78, 5) is 16.8. The second kappa shape index (κ2) is 10.1. The van der Waals surface area contributed by atoms with E-state index in [9.17, 15) is 14.3 Å². The van der Waals surface area contributed by atoms with Gasteiger partial charge in [-0.05, 0) is 36.8 Å². The van der Waals surface area contributed by atoms with Gasteiger partial charge < -0.3 is 19.7 Å². The Kier molecular flexibility index (Phi) is 7.26. The third-order valence-corrected chi connectivity index (χ3v) is 5.00. The Hall–Kier alpha value is -2.84. The number of carbonyl (C=O) groups excluding carboxylic acids is 1. The molecule has 152 valence electrons. The van der Waals surface area contributed by atoms with Crippen LogP contribution in [0.5, 0.6) is 5.75 Å². The monoisotopic (exact) mass is 415 g/mol. The van der Waals surface area contributed by atoms with Gasteiger partial charge in [0.2, 0.25) is 5.91 Å². The summed E-state index contributed by atoms with van der Waals surface area (Å²) in [6.07, 6.45) is 1.73. The summed E-state index contributed by atoms with van der Waals surface area (Å²) in [5.41, 5.74) is 2.02. The van der Waals surface area contributed by atoms with Crippen molar-refractivity contribution in [2.75, 3.05) is 17.7 Å². The van der Waals surface area contributed by atoms with Gasteiger partial charge in [0.05, 0.1) is 30.3 Å². The zero-order valence-electron chi connectivity index (χ0n) is 16.0. The fourth-order valence-corrected chi connectivity index (χ4v) is 3.51. The number of aromatic nitrogens is 2. The first kappa shape index (κ1) is 20.9. The van der Waals surface area contributed by atoms with Crippen LogP contribution in [0.4, 0.5) is 10.1 Å². The van der Waals surface area contributed by atoms with Crippen molar-refractivity contribution in [2.45, 2.75) is 25.2 Å². The Balaban J connectivity index is 1.66. The van der Waals surface area contributed by atoms with E-state index < -0.39 is 0 Å². The molecule has 0 saturated carbocycles. The predicted octanol–water partition coefficient (Wildman–Crippen LogP) is 3.69. The molecule has 1 amide bonds. The first-order chi connectivity index (χ1) is 14.1. The molecule has 3 rings (SSSR count). The predicted molar refractivity (Wildman–Crippen MR) is 111 cm³/mol. The van der Waals surface area contributed by atoms with Crippen molar-refractivity contribution < 1.29 is 19.0 Å². The molecule has 0 fully saturated rings. The molecule has 0 aliphatic rings. The Bertz CT molecular complexity index is 960. The van der Waals surface area contributed by atoms with Crippen LogP contribution in [0.15, 0.2) is 59.9 Å². The standard InChI is InChI=1S/C21H22FN3O3S/c1-2-28-19-6-4-3-5-18(19)24-20(27)14-29-21-23-17(13-26)12-25(21)11-15-7-9-16(22)10-8-15/h3-10,12,26H,2,11,13-14H2,1H3,(H,24,27). The molecular weight excluding hydrogens is 393 g/mol. The molecule has 0 bridgehead atoms. The van der Waals surface area contributed by atoms with Crippen LogP contribution in [0.3, 0.4) is 0 Å². The number of anilines is 1. The van der Waals surface area contributed by atoms with Crippen molar-refractivity contribution in [1.29, 1.82) is 0 Å². The molecule has 2 N–H and O–H groups in total. The molecule has 1 aromatic heterocycles. The summed E-state index contributed by atoms with van der Waals surface area (Å²) >= 11 is 1.27. The van der Waals surface area contributed by atoms with E-state index in [1.165, 1.54) is 23.9 Å². The molecule has 1 heterocycles. The third-order valence-electron chi connectivity index (χ3n) is 4.01. The molecule has 0 aliphatic heterocycles. The van der Waals surface area contributed by atoms with Gasteiger partial charge in [-0.1, -0.05) is 36.0 Å². The lowest BCUT2D eigenvalue weighted by atomic mass is 10.2. The first-order valence-electron chi connectivity index (χ1n) is 9.15. The summed E-state index contributed by atoms with van der Waals surface area (Å²) in [5, 5.41) is 12.9. The van der Waals surface area contributed by atoms with Crippen LogP contribution in [0.25, 0.3) is 0 Å². The van der Waals surface area contributed by atoms with Crippen LogP contribution in [-0.2, 0) is 17.9 Å². The van der Waals surface area contributed by atoms with Crippen LogP contribution in [-0.4, -0.2) is 32.9 Å². The van der Waals surface area contributed by atoms with Crippen molar-refractivity contribution in [3.63, 3.8) is 0 Å². The van der Waals surface area contributed by atoms with Crippen molar-refractivity contribution >= 4 is 23.4 Å². The number of ether oxygens (including phenoxy) is 1. The van der Waals surface area contributed by atoms with Gasteiger partial charge in [-0.3, -0.25) is 4.79 Å². The molecule has 6 nitrogen and oxygen atoms in total. The number of benzene rings is 2. The average Bonchev–Trinajstić information content (AvgIpc) is 3.12. The summed E-state index contributed by atoms with van der Waals surface area (Å²) in [6.45, 7) is 2.66. The molecule has 29 heavy (non-hydrogen) atoms. The average molecular weight is 415 g/mol. The van der Waals surface area contributed by atoms with Crippen molar-refractivity contribution in [1.82, 2.24) is 9.55 Å². The molecule has 0 spiro atoms. The van der Waals surface area contributed by atoms with Gasteiger partial charge in [-0.15, -0.1) is 0 Å². The Morgan fingerprint density at radius 1 is 1.24 bits per heavy atom. The molecule has 0 radical (unpaired) electrons. The van der Waals surface area contributed by atoms with Gasteiger partial charge >= 0.3 is 0 Å². The first-order valence-corrected chi connectivity index (χ1v) is 10.1. The minimum Gasteiger partial charge on any atom is -0.492 e. The number of amides is 1. The fraction of sp³-hybridized carbons (Fsp3) is 0.238. The number of rotatable bonds is 9. The van der Waals surface area contributed by atoms with Gasteiger partial charge in [0.1, 0.15) is 11.6 Å². The highest BCUT2D eigenvalue weighted by Crippen LogP contribution is 2.25. The van der Waals surface area contributed by atoms with Crippen molar-refractivity contribution in [3.05, 3.63) is 71.8 Å². The summed E-state index contributed by atoms with van der Waals surface area (Å²) in [5.74, 6) is 0.276. The van der Waals surface area contributed by atoms with Gasteiger partial charge in [0, 0.05) is 12.7 Å². The number of imidazole rings is 1. The topological polar surface area (TPSA) is 76.4 Å². The van der Waals surface area contributed by atoms with E-state index in [1.807, 2.05) is 23.6 Å². The van der Waals surface area contributed by atoms with Crippen molar-refractivity contribution in [3.8, 4) is 5.75 Å². The number of para-hydroxylation sites is 2. The molecule has 0 aliphatic carbocycles. The molecule has 8 heteroatoms. The zero-order chi connectivity index (χ0) is 20.6. The number of hydrogen-bond acceptors (Lipinski definition) is 5. The number of aliphatic hydroxyl groups is 1. The lowest BCUT2D eigenvalue weighted by molar-refractivity contribution is -0.113. The number of aliphatic hydroxyl groups excluding tert-OH is 1. The maximum atomic E-state index is 13.1. The maximum absolute atomic E-state index is 13.1. The number of halogens is 1. The third kappa shape index (κ3) is 5.82. The minimum absolute atomic E-state index is 0.145. The second-order valence-electron chi connectivity index (χ2n) is 6.19. The largest absolute Gasteiger partial charge is 0.492 e. The summed E-state index contributed by atoms with van der Waals surface area (Å²) in [6, 6.07) is 13.4. The van der Waals surface area contributed by atoms with E-state index in [-0.39, 0.29) is 24.1 Å². The smallest absolute Gasteiger partial charge is 0.234 e. The van der Waals surface area contributed by atoms with Crippen LogP contribution in [0.2, 0.25) is 0 Å². The lowest BCUT2D eigenvalue weighted by Crippen LogP contribution is -2.15. The quantitative estimate of drug-likeness (QED) is 0.521. The van der Waals surface area contributed by atoms with E-state index >= 15 is 0 Å². The molecule has 0 unspecified atom stereocenters. The molecule has 0 atom stereocenters. The highest BCUT2D eigenvalue weighted by atomic mass is 32.2. The summed E-state index contributed by atoms with van der Waals surface area (Å²) < 4.78 is 20.5. The molecule has 2 aromatic carbocycles. The van der Waals surface area contributed by atoms with Crippen LogP contribution in [0, 0.1) is 5.82 Å². The highest BCUT2D eigenvalue weighted by molar-refractivity contribution is 7.99. The zero-order valence-corrected chi connectivity index (χ0v) is 16.8. The Morgan fingerprint density at radius 3 is 2.72 bits per heavy atom. The molecule has 3 aromatic rings. The maximum Gasteiger partial charge on any atom is 0.234 e. The molecule has 0 saturated heterocycles. The number of nitrogens with one attached hydrogen (secondary N) is 1. The Labute approximate surface area is 172 Å². The van der Waals surface area contributed by atoms with Gasteiger partial charge in [0.25, 0.3) is 0 Å². The van der Waals surface area contributed by atoms with Gasteiger partial charge in [-0.2, -0.15) is 0 Å². The van der Waals surface area contributed by atoms with E-state index in [1.54, 1.807) is 30.5 Å².